The molecule has 2 aliphatic carbocycles. The van der Waals surface area contributed by atoms with Crippen LogP contribution in [0.5, 0.6) is 0 Å². The summed E-state index contributed by atoms with van der Waals surface area (Å²) in [4.78, 5) is 16.9. The van der Waals surface area contributed by atoms with Crippen molar-refractivity contribution in [3.63, 3.8) is 0 Å². The molecule has 1 spiro atoms. The molecular formula is C17H21N3O. The highest BCUT2D eigenvalue weighted by Crippen LogP contribution is 2.39. The molecule has 1 aliphatic heterocycles. The van der Waals surface area contributed by atoms with Gasteiger partial charge in [-0.1, -0.05) is 30.3 Å². The number of nitrogens with zero attached hydrogens (tertiary/aromatic N) is 1. The molecule has 1 saturated heterocycles. The Bertz CT molecular complexity index is 569. The number of nitrogens with one attached hydrogen (secondary N) is 2. The number of amides is 1. The smallest absolute Gasteiger partial charge is 0.252 e. The second-order valence-corrected chi connectivity index (χ2v) is 6.56. The van der Waals surface area contributed by atoms with Crippen LogP contribution in [0.3, 0.4) is 0 Å². The second-order valence-electron chi connectivity index (χ2n) is 6.56. The number of carbonyl (C=O) groups is 1. The van der Waals surface area contributed by atoms with Gasteiger partial charge in [0.15, 0.2) is 5.96 Å². The fraction of sp³-hybridized carbons (Fsp3) is 0.529. The number of hydrogen-bond acceptors (Lipinski definition) is 2. The van der Waals surface area contributed by atoms with E-state index in [9.17, 15) is 4.79 Å². The first kappa shape index (κ1) is 12.9. The summed E-state index contributed by atoms with van der Waals surface area (Å²) in [6.45, 7) is 0. The van der Waals surface area contributed by atoms with Crippen molar-refractivity contribution in [1.82, 2.24) is 10.6 Å². The van der Waals surface area contributed by atoms with Gasteiger partial charge in [-0.3, -0.25) is 10.1 Å². The number of hydrogen-bond donors (Lipinski definition) is 2. The lowest BCUT2D eigenvalue weighted by Gasteiger charge is -2.35. The first-order chi connectivity index (χ1) is 10.3. The molecule has 110 valence electrons. The molecule has 0 aromatic heterocycles. The maximum Gasteiger partial charge on any atom is 0.252 e. The Morgan fingerprint density at radius 1 is 1.05 bits per heavy atom. The molecule has 3 fully saturated rings. The van der Waals surface area contributed by atoms with Gasteiger partial charge in [0.1, 0.15) is 5.54 Å². The molecule has 1 aromatic carbocycles. The van der Waals surface area contributed by atoms with Crippen molar-refractivity contribution in [3.05, 3.63) is 35.9 Å². The fourth-order valence-corrected chi connectivity index (χ4v) is 3.51. The van der Waals surface area contributed by atoms with Gasteiger partial charge in [-0.25, -0.2) is 4.99 Å². The Hall–Kier alpha value is -1.84. The fourth-order valence-electron chi connectivity index (χ4n) is 3.51. The average molecular weight is 283 g/mol. The van der Waals surface area contributed by atoms with Gasteiger partial charge in [0.25, 0.3) is 5.91 Å². The molecule has 0 unspecified atom stereocenters. The third kappa shape index (κ3) is 2.43. The highest BCUT2D eigenvalue weighted by Gasteiger charge is 2.47. The van der Waals surface area contributed by atoms with Gasteiger partial charge in [0, 0.05) is 0 Å². The monoisotopic (exact) mass is 283 g/mol. The van der Waals surface area contributed by atoms with Crippen molar-refractivity contribution in [2.45, 2.75) is 56.0 Å². The number of carbonyl (C=O) groups excluding carboxylic acids is 1. The van der Waals surface area contributed by atoms with E-state index in [4.69, 9.17) is 0 Å². The van der Waals surface area contributed by atoms with Gasteiger partial charge in [-0.2, -0.15) is 0 Å². The van der Waals surface area contributed by atoms with Crippen molar-refractivity contribution in [3.8, 4) is 0 Å². The molecule has 0 bridgehead atoms. The molecule has 2 N–H and O–H groups in total. The maximum atomic E-state index is 12.4. The summed E-state index contributed by atoms with van der Waals surface area (Å²) in [7, 11) is 0. The van der Waals surface area contributed by atoms with E-state index in [2.05, 4.69) is 46.0 Å². The van der Waals surface area contributed by atoms with Gasteiger partial charge < -0.3 is 5.32 Å². The van der Waals surface area contributed by atoms with Crippen LogP contribution in [0.15, 0.2) is 35.3 Å². The number of benzene rings is 1. The van der Waals surface area contributed by atoms with Crippen LogP contribution in [0, 0.1) is 0 Å². The lowest BCUT2D eigenvalue weighted by molar-refractivity contribution is -0.125. The third-order valence-electron chi connectivity index (χ3n) is 4.99. The molecule has 4 rings (SSSR count). The van der Waals surface area contributed by atoms with Gasteiger partial charge in [0.05, 0.1) is 6.04 Å². The highest BCUT2D eigenvalue weighted by atomic mass is 16.2. The van der Waals surface area contributed by atoms with E-state index >= 15 is 0 Å². The lowest BCUT2D eigenvalue weighted by Crippen LogP contribution is -2.49. The van der Waals surface area contributed by atoms with Crippen LogP contribution in [-0.4, -0.2) is 23.4 Å². The van der Waals surface area contributed by atoms with Crippen LogP contribution >= 0.6 is 0 Å². The Balaban J connectivity index is 1.45. The van der Waals surface area contributed by atoms with Crippen molar-refractivity contribution in [1.29, 1.82) is 0 Å². The van der Waals surface area contributed by atoms with E-state index in [0.717, 1.165) is 38.5 Å². The largest absolute Gasteiger partial charge is 0.342 e. The van der Waals surface area contributed by atoms with Crippen LogP contribution in [0.25, 0.3) is 0 Å². The molecule has 0 radical (unpaired) electrons. The highest BCUT2D eigenvalue weighted by molar-refractivity contribution is 6.09. The van der Waals surface area contributed by atoms with Gasteiger partial charge >= 0.3 is 0 Å². The molecule has 0 atom stereocenters. The summed E-state index contributed by atoms with van der Waals surface area (Å²) in [6.07, 6.45) is 6.21. The van der Waals surface area contributed by atoms with Crippen LogP contribution in [0.4, 0.5) is 0 Å². The molecule has 4 nitrogen and oxygen atoms in total. The topological polar surface area (TPSA) is 53.5 Å². The summed E-state index contributed by atoms with van der Waals surface area (Å²) < 4.78 is 0. The van der Waals surface area contributed by atoms with Crippen molar-refractivity contribution < 1.29 is 4.79 Å². The zero-order chi connectivity index (χ0) is 14.3. The molecule has 1 aromatic rings. The summed E-state index contributed by atoms with van der Waals surface area (Å²) in [5.41, 5.74) is 0.997. The predicted molar refractivity (Wildman–Crippen MR) is 82.1 cm³/mol. The zero-order valence-corrected chi connectivity index (χ0v) is 12.1. The van der Waals surface area contributed by atoms with Gasteiger partial charge in [-0.05, 0) is 50.0 Å². The number of guanidine groups is 1. The minimum atomic E-state index is -0.404. The minimum Gasteiger partial charge on any atom is -0.342 e. The van der Waals surface area contributed by atoms with E-state index < -0.39 is 5.54 Å². The van der Waals surface area contributed by atoms with Gasteiger partial charge in [-0.15, -0.1) is 0 Å². The normalized spacial score (nSPS) is 34.0. The van der Waals surface area contributed by atoms with E-state index in [1.54, 1.807) is 0 Å². The standard InChI is InChI=1S/C17H21N3O/c21-15-17(20-16(19-15)18-14-6-7-14)10-8-13(9-11-17)12-4-2-1-3-5-12/h1-5,13-14H,6-11H2,(H2,18,19,20,21). The molecule has 21 heavy (non-hydrogen) atoms. The van der Waals surface area contributed by atoms with Crippen molar-refractivity contribution >= 4 is 11.9 Å². The first-order valence-electron chi connectivity index (χ1n) is 7.98. The number of rotatable bonds is 2. The minimum absolute atomic E-state index is 0.119. The Labute approximate surface area is 125 Å². The summed E-state index contributed by atoms with van der Waals surface area (Å²) in [5, 5.41) is 6.33. The summed E-state index contributed by atoms with van der Waals surface area (Å²) in [6, 6.07) is 11.1. The van der Waals surface area contributed by atoms with Crippen molar-refractivity contribution in [2.24, 2.45) is 4.99 Å². The van der Waals surface area contributed by atoms with Crippen LogP contribution in [0.2, 0.25) is 0 Å². The molecule has 4 heteroatoms. The lowest BCUT2D eigenvalue weighted by atomic mass is 9.74. The quantitative estimate of drug-likeness (QED) is 0.875. The average Bonchev–Trinajstić information content (AvgIpc) is 3.27. The predicted octanol–water partition coefficient (Wildman–Crippen LogP) is 2.32. The SMILES string of the molecule is O=C1NC(=NC2CC2)NC12CCC(c1ccccc1)CC2. The van der Waals surface area contributed by atoms with E-state index in [0.29, 0.717) is 17.9 Å². The first-order valence-corrected chi connectivity index (χ1v) is 7.98. The maximum absolute atomic E-state index is 12.4. The van der Waals surface area contributed by atoms with Gasteiger partial charge in [0.2, 0.25) is 0 Å². The van der Waals surface area contributed by atoms with Crippen LogP contribution in [0.1, 0.15) is 50.0 Å². The van der Waals surface area contributed by atoms with Crippen LogP contribution in [-0.2, 0) is 4.79 Å². The van der Waals surface area contributed by atoms with Crippen LogP contribution < -0.4 is 10.6 Å². The van der Waals surface area contributed by atoms with Crippen molar-refractivity contribution in [2.75, 3.05) is 0 Å². The molecule has 2 saturated carbocycles. The molecule has 1 heterocycles. The Kier molecular flexibility index (Phi) is 2.98. The number of aliphatic imine (C=N–C) groups is 1. The van der Waals surface area contributed by atoms with E-state index in [-0.39, 0.29) is 5.91 Å². The zero-order valence-electron chi connectivity index (χ0n) is 12.1. The summed E-state index contributed by atoms with van der Waals surface area (Å²) in [5.74, 6) is 1.41. The van der Waals surface area contributed by atoms with E-state index in [1.165, 1.54) is 5.56 Å². The summed E-state index contributed by atoms with van der Waals surface area (Å²) >= 11 is 0. The molecular weight excluding hydrogens is 262 g/mol. The second kappa shape index (κ2) is 4.86. The molecule has 3 aliphatic rings. The third-order valence-corrected chi connectivity index (χ3v) is 4.99. The van der Waals surface area contributed by atoms with E-state index in [1.807, 2.05) is 0 Å². The molecule has 1 amide bonds. The Morgan fingerprint density at radius 2 is 1.76 bits per heavy atom. The Morgan fingerprint density at radius 3 is 2.43 bits per heavy atom.